The van der Waals surface area contributed by atoms with E-state index in [4.69, 9.17) is 9.63 Å². The Kier molecular flexibility index (Phi) is 4.17. The van der Waals surface area contributed by atoms with Gasteiger partial charge in [0.15, 0.2) is 5.76 Å². The van der Waals surface area contributed by atoms with Crippen molar-refractivity contribution < 1.29 is 22.4 Å². The molecule has 2 rings (SSSR count). The first kappa shape index (κ1) is 14.6. The standard InChI is InChI=1S/C12H13FN2O4S/c1-8-4-11(5-9(7-16)12(8)13)20(17,18)15-6-10-2-3-14-19-10/h2-5,15-16H,6-7H2,1H3. The molecule has 2 aromatic rings. The van der Waals surface area contributed by atoms with E-state index in [2.05, 4.69) is 9.88 Å². The minimum Gasteiger partial charge on any atom is -0.392 e. The Balaban J connectivity index is 2.27. The van der Waals surface area contributed by atoms with Crippen molar-refractivity contribution in [2.45, 2.75) is 25.0 Å². The van der Waals surface area contributed by atoms with Crippen molar-refractivity contribution in [3.05, 3.63) is 47.1 Å². The molecule has 8 heteroatoms. The topological polar surface area (TPSA) is 92.4 Å². The number of halogens is 1. The average molecular weight is 300 g/mol. The van der Waals surface area contributed by atoms with Crippen LogP contribution in [0.25, 0.3) is 0 Å². The highest BCUT2D eigenvalue weighted by Gasteiger charge is 2.18. The monoisotopic (exact) mass is 300 g/mol. The Morgan fingerprint density at radius 2 is 2.20 bits per heavy atom. The minimum atomic E-state index is -3.82. The van der Waals surface area contributed by atoms with Crippen molar-refractivity contribution in [3.63, 3.8) is 0 Å². The first-order chi connectivity index (χ1) is 9.44. The molecule has 0 bridgehead atoms. The highest BCUT2D eigenvalue weighted by atomic mass is 32.2. The second kappa shape index (κ2) is 5.70. The van der Waals surface area contributed by atoms with Crippen LogP contribution >= 0.6 is 0 Å². The Bertz CT molecular complexity index is 698. The second-order valence-corrected chi connectivity index (χ2v) is 5.94. The van der Waals surface area contributed by atoms with Crippen molar-refractivity contribution in [3.8, 4) is 0 Å². The molecule has 0 aliphatic rings. The summed E-state index contributed by atoms with van der Waals surface area (Å²) < 4.78 is 44.8. The molecule has 0 amide bonds. The lowest BCUT2D eigenvalue weighted by Gasteiger charge is -2.09. The van der Waals surface area contributed by atoms with E-state index in [0.717, 1.165) is 6.07 Å². The largest absolute Gasteiger partial charge is 0.392 e. The molecule has 0 aliphatic heterocycles. The molecule has 108 valence electrons. The van der Waals surface area contributed by atoms with E-state index in [0.29, 0.717) is 5.76 Å². The van der Waals surface area contributed by atoms with Crippen LogP contribution in [0, 0.1) is 12.7 Å². The summed E-state index contributed by atoms with van der Waals surface area (Å²) in [6.07, 6.45) is 1.40. The predicted molar refractivity (Wildman–Crippen MR) is 67.6 cm³/mol. The van der Waals surface area contributed by atoms with Gasteiger partial charge < -0.3 is 9.63 Å². The first-order valence-electron chi connectivity index (χ1n) is 5.73. The van der Waals surface area contributed by atoms with Crippen LogP contribution in [0.15, 0.2) is 33.8 Å². The van der Waals surface area contributed by atoms with Crippen molar-refractivity contribution in [2.24, 2.45) is 0 Å². The van der Waals surface area contributed by atoms with Crippen LogP contribution in [0.5, 0.6) is 0 Å². The van der Waals surface area contributed by atoms with Crippen LogP contribution in [-0.2, 0) is 23.2 Å². The Morgan fingerprint density at radius 3 is 2.80 bits per heavy atom. The third-order valence-electron chi connectivity index (χ3n) is 2.71. The lowest BCUT2D eigenvalue weighted by Crippen LogP contribution is -2.23. The maximum Gasteiger partial charge on any atom is 0.241 e. The molecule has 0 atom stereocenters. The molecule has 0 saturated heterocycles. The normalized spacial score (nSPS) is 11.8. The number of hydrogen-bond donors (Lipinski definition) is 2. The molecule has 1 aromatic carbocycles. The van der Waals surface area contributed by atoms with Crippen molar-refractivity contribution >= 4 is 10.0 Å². The summed E-state index contributed by atoms with van der Waals surface area (Å²) in [5, 5.41) is 12.5. The maximum absolute atomic E-state index is 13.6. The van der Waals surface area contributed by atoms with Gasteiger partial charge in [-0.25, -0.2) is 17.5 Å². The molecule has 0 fully saturated rings. The van der Waals surface area contributed by atoms with Crippen LogP contribution in [0.3, 0.4) is 0 Å². The van der Waals surface area contributed by atoms with Gasteiger partial charge in [-0.1, -0.05) is 5.16 Å². The van der Waals surface area contributed by atoms with Crippen LogP contribution in [0.1, 0.15) is 16.9 Å². The van der Waals surface area contributed by atoms with Gasteiger partial charge in [0.2, 0.25) is 10.0 Å². The Morgan fingerprint density at radius 1 is 1.45 bits per heavy atom. The summed E-state index contributed by atoms with van der Waals surface area (Å²) in [6.45, 7) is 0.801. The van der Waals surface area contributed by atoms with Gasteiger partial charge in [-0.15, -0.1) is 0 Å². The second-order valence-electron chi connectivity index (χ2n) is 4.17. The van der Waals surface area contributed by atoms with Crippen molar-refractivity contribution in [2.75, 3.05) is 0 Å². The number of aliphatic hydroxyl groups excluding tert-OH is 1. The molecule has 0 unspecified atom stereocenters. The van der Waals surface area contributed by atoms with E-state index in [1.807, 2.05) is 0 Å². The molecule has 0 spiro atoms. The number of hydrogen-bond acceptors (Lipinski definition) is 5. The molecule has 1 heterocycles. The third kappa shape index (κ3) is 3.03. The fourth-order valence-electron chi connectivity index (χ4n) is 1.66. The summed E-state index contributed by atoms with van der Waals surface area (Å²) in [5.41, 5.74) is 0.0848. The minimum absolute atomic E-state index is 0.0623. The van der Waals surface area contributed by atoms with Gasteiger partial charge in [0.1, 0.15) is 5.82 Å². The summed E-state index contributed by atoms with van der Waals surface area (Å²) in [7, 11) is -3.82. The lowest BCUT2D eigenvalue weighted by molar-refractivity contribution is 0.275. The van der Waals surface area contributed by atoms with Crippen LogP contribution < -0.4 is 4.72 Å². The lowest BCUT2D eigenvalue weighted by atomic mass is 10.1. The molecule has 0 radical (unpaired) electrons. The van der Waals surface area contributed by atoms with Gasteiger partial charge in [0.25, 0.3) is 0 Å². The molecular formula is C12H13FN2O4S. The van der Waals surface area contributed by atoms with Crippen molar-refractivity contribution in [1.82, 2.24) is 9.88 Å². The summed E-state index contributed by atoms with van der Waals surface area (Å²) in [4.78, 5) is -0.111. The molecule has 0 saturated carbocycles. The first-order valence-corrected chi connectivity index (χ1v) is 7.21. The van der Waals surface area contributed by atoms with Gasteiger partial charge in [-0.3, -0.25) is 0 Å². The smallest absolute Gasteiger partial charge is 0.241 e. The highest BCUT2D eigenvalue weighted by molar-refractivity contribution is 7.89. The number of benzene rings is 1. The molecule has 6 nitrogen and oxygen atoms in total. The summed E-state index contributed by atoms with van der Waals surface area (Å²) >= 11 is 0. The Hall–Kier alpha value is -1.77. The number of aromatic nitrogens is 1. The molecular weight excluding hydrogens is 287 g/mol. The molecule has 20 heavy (non-hydrogen) atoms. The van der Waals surface area contributed by atoms with Gasteiger partial charge in [-0.05, 0) is 24.6 Å². The Labute approximate surface area is 115 Å². The van der Waals surface area contributed by atoms with Gasteiger partial charge in [0, 0.05) is 11.6 Å². The van der Waals surface area contributed by atoms with Gasteiger partial charge in [0.05, 0.1) is 24.2 Å². The molecule has 2 N–H and O–H groups in total. The predicted octanol–water partition coefficient (Wildman–Crippen LogP) is 1.09. The van der Waals surface area contributed by atoms with E-state index < -0.39 is 22.4 Å². The summed E-state index contributed by atoms with van der Waals surface area (Å²) in [5.74, 6) is -0.253. The van der Waals surface area contributed by atoms with Crippen LogP contribution in [0.2, 0.25) is 0 Å². The SMILES string of the molecule is Cc1cc(S(=O)(=O)NCc2ccno2)cc(CO)c1F. The third-order valence-corrected chi connectivity index (χ3v) is 4.09. The summed E-state index contributed by atoms with van der Waals surface area (Å²) in [6, 6.07) is 3.83. The number of nitrogens with one attached hydrogen (secondary N) is 1. The zero-order valence-electron chi connectivity index (χ0n) is 10.6. The van der Waals surface area contributed by atoms with E-state index in [-0.39, 0.29) is 22.6 Å². The zero-order valence-corrected chi connectivity index (χ0v) is 11.4. The average Bonchev–Trinajstić information content (AvgIpc) is 2.92. The number of rotatable bonds is 5. The van der Waals surface area contributed by atoms with Crippen LogP contribution in [-0.4, -0.2) is 18.7 Å². The van der Waals surface area contributed by atoms with Gasteiger partial charge in [-0.2, -0.15) is 0 Å². The highest BCUT2D eigenvalue weighted by Crippen LogP contribution is 2.19. The quantitative estimate of drug-likeness (QED) is 0.862. The van der Waals surface area contributed by atoms with E-state index in [1.165, 1.54) is 25.3 Å². The van der Waals surface area contributed by atoms with E-state index >= 15 is 0 Å². The van der Waals surface area contributed by atoms with Crippen LogP contribution in [0.4, 0.5) is 4.39 Å². The molecule has 1 aromatic heterocycles. The van der Waals surface area contributed by atoms with Gasteiger partial charge >= 0.3 is 0 Å². The van der Waals surface area contributed by atoms with E-state index in [9.17, 15) is 12.8 Å². The van der Waals surface area contributed by atoms with Crippen molar-refractivity contribution in [1.29, 1.82) is 0 Å². The number of nitrogens with zero attached hydrogens (tertiary/aromatic N) is 1. The fraction of sp³-hybridized carbons (Fsp3) is 0.250. The zero-order chi connectivity index (χ0) is 14.8. The number of sulfonamides is 1. The number of aliphatic hydroxyl groups is 1. The molecule has 0 aliphatic carbocycles. The number of aryl methyl sites for hydroxylation is 1. The van der Waals surface area contributed by atoms with E-state index in [1.54, 1.807) is 0 Å². The maximum atomic E-state index is 13.6. The fourth-order valence-corrected chi connectivity index (χ4v) is 2.79.